The van der Waals surface area contributed by atoms with Gasteiger partial charge in [0, 0.05) is 17.6 Å². The molecule has 2 heterocycles. The molecule has 1 aromatic heterocycles. The molecule has 1 fully saturated rings. The monoisotopic (exact) mass is 241 g/mol. The van der Waals surface area contributed by atoms with Crippen molar-refractivity contribution in [3.8, 4) is 0 Å². The summed E-state index contributed by atoms with van der Waals surface area (Å²) in [5, 5.41) is 9.51. The fourth-order valence-electron chi connectivity index (χ4n) is 2.61. The molecule has 0 unspecified atom stereocenters. The third-order valence-corrected chi connectivity index (χ3v) is 3.67. The molecule has 94 valence electrons. The predicted octanol–water partition coefficient (Wildman–Crippen LogP) is 2.71. The minimum Gasteiger partial charge on any atom is -0.367 e. The van der Waals surface area contributed by atoms with E-state index in [4.69, 9.17) is 0 Å². The molecule has 3 nitrogen and oxygen atoms in total. The Kier molecular flexibility index (Phi) is 3.15. The summed E-state index contributed by atoms with van der Waals surface area (Å²) >= 11 is 0. The second-order valence-corrected chi connectivity index (χ2v) is 5.00. The summed E-state index contributed by atoms with van der Waals surface area (Å²) in [6, 6.07) is 9.03. The maximum absolute atomic E-state index is 4.57. The van der Waals surface area contributed by atoms with Gasteiger partial charge < -0.3 is 10.6 Å². The lowest BCUT2D eigenvalue weighted by Crippen LogP contribution is -2.35. The second kappa shape index (κ2) is 4.94. The molecule has 0 saturated carbocycles. The van der Waals surface area contributed by atoms with Crippen LogP contribution in [-0.2, 0) is 0 Å². The number of aryl methyl sites for hydroxylation is 1. The Morgan fingerprint density at radius 1 is 1.17 bits per heavy atom. The quantitative estimate of drug-likeness (QED) is 0.849. The van der Waals surface area contributed by atoms with Crippen LogP contribution in [0.3, 0.4) is 0 Å². The zero-order valence-electron chi connectivity index (χ0n) is 10.7. The molecule has 1 aliphatic rings. The van der Waals surface area contributed by atoms with E-state index in [1.807, 2.05) is 6.20 Å². The smallest absolute Gasteiger partial charge is 0.134 e. The lowest BCUT2D eigenvalue weighted by atomic mass is 10.0. The first-order chi connectivity index (χ1) is 8.84. The Hall–Kier alpha value is -1.61. The molecule has 0 radical (unpaired) electrons. The van der Waals surface area contributed by atoms with E-state index in [0.717, 1.165) is 18.9 Å². The summed E-state index contributed by atoms with van der Waals surface area (Å²) < 4.78 is 0. The Morgan fingerprint density at radius 2 is 1.89 bits per heavy atom. The molecule has 1 aliphatic heterocycles. The molecule has 0 amide bonds. The Morgan fingerprint density at radius 3 is 2.67 bits per heavy atom. The normalized spacial score (nSPS) is 16.9. The van der Waals surface area contributed by atoms with E-state index >= 15 is 0 Å². The zero-order chi connectivity index (χ0) is 12.4. The SMILES string of the molecule is Cc1cnc(NC2CCNCC2)c2ccccc12. The van der Waals surface area contributed by atoms with Crippen molar-refractivity contribution in [2.24, 2.45) is 0 Å². The molecule has 2 N–H and O–H groups in total. The van der Waals surface area contributed by atoms with Gasteiger partial charge in [0.25, 0.3) is 0 Å². The van der Waals surface area contributed by atoms with Gasteiger partial charge in [0.15, 0.2) is 0 Å². The Balaban J connectivity index is 1.94. The average molecular weight is 241 g/mol. The van der Waals surface area contributed by atoms with Crippen molar-refractivity contribution in [1.29, 1.82) is 0 Å². The van der Waals surface area contributed by atoms with Crippen molar-refractivity contribution in [2.45, 2.75) is 25.8 Å². The van der Waals surface area contributed by atoms with E-state index < -0.39 is 0 Å². The highest BCUT2D eigenvalue weighted by Gasteiger charge is 2.14. The van der Waals surface area contributed by atoms with Crippen LogP contribution in [0.2, 0.25) is 0 Å². The van der Waals surface area contributed by atoms with Gasteiger partial charge in [0.2, 0.25) is 0 Å². The van der Waals surface area contributed by atoms with E-state index in [9.17, 15) is 0 Å². The number of rotatable bonds is 2. The number of benzene rings is 1. The summed E-state index contributed by atoms with van der Waals surface area (Å²) in [7, 11) is 0. The van der Waals surface area contributed by atoms with Crippen molar-refractivity contribution in [3.63, 3.8) is 0 Å². The van der Waals surface area contributed by atoms with E-state index in [1.165, 1.54) is 29.2 Å². The van der Waals surface area contributed by atoms with Gasteiger partial charge in [-0.1, -0.05) is 24.3 Å². The highest BCUT2D eigenvalue weighted by molar-refractivity contribution is 5.93. The van der Waals surface area contributed by atoms with Crippen LogP contribution in [0, 0.1) is 6.92 Å². The van der Waals surface area contributed by atoms with E-state index in [2.05, 4.69) is 46.8 Å². The lowest BCUT2D eigenvalue weighted by Gasteiger charge is -2.24. The number of nitrogens with one attached hydrogen (secondary N) is 2. The Labute approximate surface area is 108 Å². The maximum Gasteiger partial charge on any atom is 0.134 e. The zero-order valence-corrected chi connectivity index (χ0v) is 10.7. The molecular weight excluding hydrogens is 222 g/mol. The van der Waals surface area contributed by atoms with Crippen molar-refractivity contribution in [3.05, 3.63) is 36.0 Å². The van der Waals surface area contributed by atoms with Crippen LogP contribution in [-0.4, -0.2) is 24.1 Å². The van der Waals surface area contributed by atoms with Crippen LogP contribution >= 0.6 is 0 Å². The van der Waals surface area contributed by atoms with Crippen LogP contribution in [0.4, 0.5) is 5.82 Å². The van der Waals surface area contributed by atoms with Gasteiger partial charge in [0.1, 0.15) is 5.82 Å². The first-order valence-corrected chi connectivity index (χ1v) is 6.66. The molecule has 1 aromatic carbocycles. The van der Waals surface area contributed by atoms with Crippen LogP contribution in [0.15, 0.2) is 30.5 Å². The van der Waals surface area contributed by atoms with E-state index in [-0.39, 0.29) is 0 Å². The van der Waals surface area contributed by atoms with Gasteiger partial charge in [-0.25, -0.2) is 4.98 Å². The fraction of sp³-hybridized carbons (Fsp3) is 0.400. The summed E-state index contributed by atoms with van der Waals surface area (Å²) in [5.74, 6) is 1.03. The molecule has 3 heteroatoms. The number of hydrogen-bond acceptors (Lipinski definition) is 3. The fourth-order valence-corrected chi connectivity index (χ4v) is 2.61. The number of aromatic nitrogens is 1. The molecular formula is C15H19N3. The van der Waals surface area contributed by atoms with Gasteiger partial charge in [-0.2, -0.15) is 0 Å². The molecule has 2 aromatic rings. The molecule has 0 bridgehead atoms. The van der Waals surface area contributed by atoms with Crippen LogP contribution in [0.25, 0.3) is 10.8 Å². The van der Waals surface area contributed by atoms with Crippen molar-refractivity contribution >= 4 is 16.6 Å². The number of nitrogens with zero attached hydrogens (tertiary/aromatic N) is 1. The maximum atomic E-state index is 4.57. The average Bonchev–Trinajstić information content (AvgIpc) is 2.44. The molecule has 0 atom stereocenters. The first-order valence-electron chi connectivity index (χ1n) is 6.66. The highest BCUT2D eigenvalue weighted by Crippen LogP contribution is 2.25. The Bertz CT molecular complexity index is 544. The number of piperidine rings is 1. The van der Waals surface area contributed by atoms with Crippen LogP contribution in [0.1, 0.15) is 18.4 Å². The summed E-state index contributed by atoms with van der Waals surface area (Å²) in [5.41, 5.74) is 1.24. The van der Waals surface area contributed by atoms with Gasteiger partial charge in [-0.3, -0.25) is 0 Å². The summed E-state index contributed by atoms with van der Waals surface area (Å²) in [6.45, 7) is 4.31. The summed E-state index contributed by atoms with van der Waals surface area (Å²) in [4.78, 5) is 4.57. The molecule has 18 heavy (non-hydrogen) atoms. The third-order valence-electron chi connectivity index (χ3n) is 3.67. The van der Waals surface area contributed by atoms with Gasteiger partial charge in [-0.15, -0.1) is 0 Å². The van der Waals surface area contributed by atoms with Crippen molar-refractivity contribution in [1.82, 2.24) is 10.3 Å². The molecule has 0 aliphatic carbocycles. The van der Waals surface area contributed by atoms with E-state index in [1.54, 1.807) is 0 Å². The number of anilines is 1. The minimum atomic E-state index is 0.546. The van der Waals surface area contributed by atoms with Crippen molar-refractivity contribution < 1.29 is 0 Å². The minimum absolute atomic E-state index is 0.546. The highest BCUT2D eigenvalue weighted by atomic mass is 15.0. The van der Waals surface area contributed by atoms with Crippen molar-refractivity contribution in [2.75, 3.05) is 18.4 Å². The molecule has 0 spiro atoms. The number of hydrogen-bond donors (Lipinski definition) is 2. The van der Waals surface area contributed by atoms with Gasteiger partial charge in [-0.05, 0) is 43.8 Å². The largest absolute Gasteiger partial charge is 0.367 e. The van der Waals surface area contributed by atoms with Gasteiger partial charge >= 0.3 is 0 Å². The lowest BCUT2D eigenvalue weighted by molar-refractivity contribution is 0.478. The standard InChI is InChI=1S/C15H19N3/c1-11-10-17-15(14-5-3-2-4-13(11)14)18-12-6-8-16-9-7-12/h2-5,10,12,16H,6-9H2,1H3,(H,17,18). The van der Waals surface area contributed by atoms with Crippen LogP contribution < -0.4 is 10.6 Å². The first kappa shape index (κ1) is 11.5. The predicted molar refractivity (Wildman–Crippen MR) is 76.0 cm³/mol. The topological polar surface area (TPSA) is 37.0 Å². The second-order valence-electron chi connectivity index (χ2n) is 5.00. The third kappa shape index (κ3) is 2.18. The van der Waals surface area contributed by atoms with E-state index in [0.29, 0.717) is 6.04 Å². The van der Waals surface area contributed by atoms with Crippen LogP contribution in [0.5, 0.6) is 0 Å². The van der Waals surface area contributed by atoms with Gasteiger partial charge in [0.05, 0.1) is 0 Å². The molecule has 3 rings (SSSR count). The number of fused-ring (bicyclic) bond motifs is 1. The summed E-state index contributed by atoms with van der Waals surface area (Å²) in [6.07, 6.45) is 4.31. The number of pyridine rings is 1. The molecule has 1 saturated heterocycles.